The maximum Gasteiger partial charge on any atom is 0.159 e. The second kappa shape index (κ2) is 4.39. The van der Waals surface area contributed by atoms with Crippen molar-refractivity contribution in [2.45, 2.75) is 13.8 Å². The summed E-state index contributed by atoms with van der Waals surface area (Å²) < 4.78 is 3.83. The summed E-state index contributed by atoms with van der Waals surface area (Å²) in [7, 11) is 1.95. The van der Waals surface area contributed by atoms with Crippen molar-refractivity contribution in [1.82, 2.24) is 19.6 Å². The Morgan fingerprint density at radius 2 is 2.00 bits per heavy atom. The fraction of sp³-hybridized carbons (Fsp3) is 0.200. The lowest BCUT2D eigenvalue weighted by Gasteiger charge is -2.05. The van der Waals surface area contributed by atoms with Crippen LogP contribution in [0, 0.1) is 6.92 Å². The monoisotopic (exact) mass is 252 g/mol. The molecule has 3 aromatic rings. The van der Waals surface area contributed by atoms with Gasteiger partial charge in [-0.3, -0.25) is 4.68 Å². The molecule has 0 aliphatic rings. The second-order valence-corrected chi connectivity index (χ2v) is 4.56. The number of aromatic nitrogens is 4. The molecule has 0 saturated carbocycles. The van der Waals surface area contributed by atoms with E-state index in [0.717, 1.165) is 28.0 Å². The summed E-state index contributed by atoms with van der Waals surface area (Å²) in [6.07, 6.45) is 5.99. The van der Waals surface area contributed by atoms with Gasteiger partial charge in [-0.1, -0.05) is 30.4 Å². The van der Waals surface area contributed by atoms with Crippen LogP contribution in [0.25, 0.3) is 22.8 Å². The highest BCUT2D eigenvalue weighted by Gasteiger charge is 2.15. The van der Waals surface area contributed by atoms with Crippen molar-refractivity contribution in [3.8, 4) is 5.82 Å². The first-order chi connectivity index (χ1) is 9.22. The molecule has 3 rings (SSSR count). The normalized spacial score (nSPS) is 11.7. The number of benzene rings is 1. The van der Waals surface area contributed by atoms with E-state index in [1.165, 1.54) is 0 Å². The second-order valence-electron chi connectivity index (χ2n) is 4.56. The average Bonchev–Trinajstić information content (AvgIpc) is 2.92. The first kappa shape index (κ1) is 11.7. The maximum atomic E-state index is 4.50. The van der Waals surface area contributed by atoms with Gasteiger partial charge in [0.2, 0.25) is 0 Å². The molecule has 2 aromatic heterocycles. The molecule has 0 unspecified atom stereocenters. The van der Waals surface area contributed by atoms with Crippen molar-refractivity contribution in [2.75, 3.05) is 0 Å². The quantitative estimate of drug-likeness (QED) is 0.702. The molecular weight excluding hydrogens is 236 g/mol. The molecule has 19 heavy (non-hydrogen) atoms. The molecule has 0 N–H and O–H groups in total. The van der Waals surface area contributed by atoms with Gasteiger partial charge in [0.25, 0.3) is 0 Å². The van der Waals surface area contributed by atoms with Crippen LogP contribution in [0.15, 0.2) is 36.5 Å². The van der Waals surface area contributed by atoms with Crippen molar-refractivity contribution >= 4 is 17.0 Å². The average molecular weight is 252 g/mol. The Hall–Kier alpha value is -2.36. The summed E-state index contributed by atoms with van der Waals surface area (Å²) in [5, 5.41) is 10.1. The van der Waals surface area contributed by atoms with Crippen LogP contribution in [0.3, 0.4) is 0 Å². The summed E-state index contributed by atoms with van der Waals surface area (Å²) in [4.78, 5) is 0. The summed E-state index contributed by atoms with van der Waals surface area (Å²) in [6, 6.07) is 8.19. The van der Waals surface area contributed by atoms with Gasteiger partial charge in [0.15, 0.2) is 5.82 Å². The van der Waals surface area contributed by atoms with Gasteiger partial charge in [-0.25, -0.2) is 4.68 Å². The van der Waals surface area contributed by atoms with E-state index < -0.39 is 0 Å². The van der Waals surface area contributed by atoms with Crippen molar-refractivity contribution < 1.29 is 0 Å². The number of fused-ring (bicyclic) bond motifs is 1. The first-order valence-corrected chi connectivity index (χ1v) is 6.32. The number of hydrogen-bond donors (Lipinski definition) is 0. The van der Waals surface area contributed by atoms with E-state index in [1.54, 1.807) is 0 Å². The van der Waals surface area contributed by atoms with E-state index in [4.69, 9.17) is 0 Å². The fourth-order valence-electron chi connectivity index (χ4n) is 2.42. The van der Waals surface area contributed by atoms with Crippen LogP contribution in [0.2, 0.25) is 0 Å². The van der Waals surface area contributed by atoms with Crippen molar-refractivity contribution in [2.24, 2.45) is 7.05 Å². The zero-order valence-corrected chi connectivity index (χ0v) is 11.3. The van der Waals surface area contributed by atoms with E-state index in [-0.39, 0.29) is 0 Å². The first-order valence-electron chi connectivity index (χ1n) is 6.32. The van der Waals surface area contributed by atoms with Crippen LogP contribution in [-0.4, -0.2) is 19.6 Å². The molecule has 0 spiro atoms. The van der Waals surface area contributed by atoms with E-state index in [9.17, 15) is 0 Å². The van der Waals surface area contributed by atoms with Crippen LogP contribution < -0.4 is 0 Å². The van der Waals surface area contributed by atoms with Gasteiger partial charge >= 0.3 is 0 Å². The highest BCUT2D eigenvalue weighted by atomic mass is 15.4. The molecule has 0 fully saturated rings. The summed E-state index contributed by atoms with van der Waals surface area (Å²) >= 11 is 0. The lowest BCUT2D eigenvalue weighted by atomic mass is 10.2. The van der Waals surface area contributed by atoms with Crippen LogP contribution in [-0.2, 0) is 7.05 Å². The molecule has 0 saturated heterocycles. The Labute approximate surface area is 112 Å². The molecule has 2 heterocycles. The highest BCUT2D eigenvalue weighted by molar-refractivity contribution is 5.80. The molecular formula is C15H16N4. The van der Waals surface area contributed by atoms with Gasteiger partial charge < -0.3 is 0 Å². The zero-order chi connectivity index (χ0) is 13.4. The largest absolute Gasteiger partial charge is 0.250 e. The van der Waals surface area contributed by atoms with Crippen LogP contribution in [0.4, 0.5) is 0 Å². The van der Waals surface area contributed by atoms with Crippen LogP contribution in [0.1, 0.15) is 18.2 Å². The number of rotatable bonds is 2. The minimum Gasteiger partial charge on any atom is -0.250 e. The Balaban J connectivity index is 2.33. The molecule has 0 bridgehead atoms. The summed E-state index contributed by atoms with van der Waals surface area (Å²) in [5.74, 6) is 0.997. The Kier molecular flexibility index (Phi) is 2.71. The van der Waals surface area contributed by atoms with E-state index in [1.807, 2.05) is 54.7 Å². The third-order valence-electron chi connectivity index (χ3n) is 3.25. The van der Waals surface area contributed by atoms with Gasteiger partial charge in [0.05, 0.1) is 17.4 Å². The van der Waals surface area contributed by atoms with Crippen molar-refractivity contribution in [1.29, 1.82) is 0 Å². The summed E-state index contributed by atoms with van der Waals surface area (Å²) in [5.41, 5.74) is 3.21. The van der Waals surface area contributed by atoms with Gasteiger partial charge in [0, 0.05) is 18.0 Å². The minimum atomic E-state index is 0.997. The lowest BCUT2D eigenvalue weighted by Crippen LogP contribution is -2.05. The molecule has 0 amide bonds. The van der Waals surface area contributed by atoms with Crippen molar-refractivity contribution in [3.63, 3.8) is 0 Å². The highest BCUT2D eigenvalue weighted by Crippen LogP contribution is 2.23. The Morgan fingerprint density at radius 1 is 1.21 bits per heavy atom. The fourth-order valence-corrected chi connectivity index (χ4v) is 2.42. The minimum absolute atomic E-state index is 0.997. The predicted molar refractivity (Wildman–Crippen MR) is 77.3 cm³/mol. The molecule has 0 aliphatic heterocycles. The Bertz CT molecular complexity index is 762. The van der Waals surface area contributed by atoms with Gasteiger partial charge in [0.1, 0.15) is 0 Å². The zero-order valence-electron chi connectivity index (χ0n) is 11.3. The molecule has 0 radical (unpaired) electrons. The SMILES string of the molecule is C/C=C/c1c(C)nn(C)c1-n1ncc2ccccc21. The van der Waals surface area contributed by atoms with E-state index in [0.29, 0.717) is 0 Å². The number of nitrogens with zero attached hydrogens (tertiary/aromatic N) is 4. The topological polar surface area (TPSA) is 35.6 Å². The van der Waals surface area contributed by atoms with Crippen molar-refractivity contribution in [3.05, 3.63) is 47.8 Å². The van der Waals surface area contributed by atoms with Gasteiger partial charge in [-0.05, 0) is 19.9 Å². The van der Waals surface area contributed by atoms with Crippen LogP contribution >= 0.6 is 0 Å². The third-order valence-corrected chi connectivity index (χ3v) is 3.25. The molecule has 96 valence electrons. The van der Waals surface area contributed by atoms with Crippen LogP contribution in [0.5, 0.6) is 0 Å². The standard InChI is InChI=1S/C15H16N4/c1-4-7-13-11(2)17-18(3)15(13)19-14-9-6-5-8-12(14)10-16-19/h4-10H,1-3H3/b7-4+. The predicted octanol–water partition coefficient (Wildman–Crippen LogP) is 3.10. The molecule has 4 heteroatoms. The number of allylic oxidation sites excluding steroid dienone is 1. The molecule has 1 aromatic carbocycles. The Morgan fingerprint density at radius 3 is 2.79 bits per heavy atom. The molecule has 0 aliphatic carbocycles. The van der Waals surface area contributed by atoms with E-state index in [2.05, 4.69) is 28.4 Å². The maximum absolute atomic E-state index is 4.50. The molecule has 0 atom stereocenters. The smallest absolute Gasteiger partial charge is 0.159 e. The third kappa shape index (κ3) is 1.76. The van der Waals surface area contributed by atoms with Gasteiger partial charge in [-0.2, -0.15) is 10.2 Å². The molecule has 4 nitrogen and oxygen atoms in total. The number of aryl methyl sites for hydroxylation is 2. The van der Waals surface area contributed by atoms with E-state index >= 15 is 0 Å². The van der Waals surface area contributed by atoms with Gasteiger partial charge in [-0.15, -0.1) is 0 Å². The number of hydrogen-bond acceptors (Lipinski definition) is 2. The summed E-state index contributed by atoms with van der Waals surface area (Å²) in [6.45, 7) is 4.03. The number of para-hydroxylation sites is 1. The lowest BCUT2D eigenvalue weighted by molar-refractivity contribution is 0.702.